The lowest BCUT2D eigenvalue weighted by Gasteiger charge is -2.32. The number of likely N-dealkylation sites (N-methyl/N-ethyl adjacent to an activating group) is 1. The summed E-state index contributed by atoms with van der Waals surface area (Å²) in [5, 5.41) is 2.82. The van der Waals surface area contributed by atoms with E-state index in [4.69, 9.17) is 0 Å². The summed E-state index contributed by atoms with van der Waals surface area (Å²) in [4.78, 5) is 15.5. The van der Waals surface area contributed by atoms with Crippen molar-refractivity contribution in [3.8, 4) is 0 Å². The van der Waals surface area contributed by atoms with Crippen LogP contribution in [-0.2, 0) is 24.8 Å². The summed E-state index contributed by atoms with van der Waals surface area (Å²) < 4.78 is 55.4. The Morgan fingerprint density at radius 3 is 2.26 bits per heavy atom. The lowest BCUT2D eigenvalue weighted by Crippen LogP contribution is -2.47. The normalized spacial score (nSPS) is 21.0. The number of anilines is 1. The van der Waals surface area contributed by atoms with Gasteiger partial charge in [0, 0.05) is 45.0 Å². The number of hydrogen-bond acceptors (Lipinski definition) is 6. The number of aryl methyl sites for hydroxylation is 1. The number of nitrogens with one attached hydrogen (secondary N) is 1. The summed E-state index contributed by atoms with van der Waals surface area (Å²) in [6, 6.07) is 13.1. The van der Waals surface area contributed by atoms with Crippen molar-refractivity contribution in [2.45, 2.75) is 29.6 Å². The van der Waals surface area contributed by atoms with Gasteiger partial charge in [-0.2, -0.15) is 8.61 Å². The lowest BCUT2D eigenvalue weighted by atomic mass is 9.98. The second kappa shape index (κ2) is 10.4. The zero-order chi connectivity index (χ0) is 25.2. The van der Waals surface area contributed by atoms with E-state index < -0.39 is 26.0 Å². The zero-order valence-electron chi connectivity index (χ0n) is 20.1. The molecule has 4 rings (SSSR count). The number of carbonyl (C=O) groups is 1. The molecule has 1 N–H and O–H groups in total. The Hall–Kier alpha value is -2.31. The maximum atomic E-state index is 13.3. The van der Waals surface area contributed by atoms with Crippen LogP contribution in [0.2, 0.25) is 0 Å². The number of benzene rings is 2. The Morgan fingerprint density at radius 1 is 0.886 bits per heavy atom. The second-order valence-corrected chi connectivity index (χ2v) is 13.0. The highest BCUT2D eigenvalue weighted by Crippen LogP contribution is 2.27. The number of rotatable bonds is 6. The van der Waals surface area contributed by atoms with Crippen LogP contribution in [0, 0.1) is 12.8 Å². The summed E-state index contributed by atoms with van der Waals surface area (Å²) >= 11 is 0. The minimum atomic E-state index is -3.69. The molecule has 1 atom stereocenters. The average Bonchev–Trinajstić information content (AvgIpc) is 2.86. The van der Waals surface area contributed by atoms with Crippen molar-refractivity contribution in [3.63, 3.8) is 0 Å². The first-order valence-corrected chi connectivity index (χ1v) is 14.6. The van der Waals surface area contributed by atoms with Gasteiger partial charge in [-0.05, 0) is 56.6 Å². The number of piperidine rings is 1. The van der Waals surface area contributed by atoms with Gasteiger partial charge in [0.1, 0.15) is 0 Å². The molecule has 11 heteroatoms. The summed E-state index contributed by atoms with van der Waals surface area (Å²) in [5.74, 6) is -0.842. The first-order valence-electron chi connectivity index (χ1n) is 11.7. The van der Waals surface area contributed by atoms with Crippen molar-refractivity contribution < 1.29 is 21.6 Å². The molecule has 0 aromatic heterocycles. The Morgan fingerprint density at radius 2 is 1.57 bits per heavy atom. The molecule has 2 saturated heterocycles. The van der Waals surface area contributed by atoms with Gasteiger partial charge >= 0.3 is 0 Å². The van der Waals surface area contributed by atoms with E-state index in [1.54, 1.807) is 49.4 Å². The van der Waals surface area contributed by atoms with Crippen molar-refractivity contribution in [3.05, 3.63) is 54.1 Å². The number of carbonyl (C=O) groups excluding carboxylic acids is 1. The fraction of sp³-hybridized carbons (Fsp3) is 0.458. The SMILES string of the molecule is Cc1ccc(NC(=O)[C@@H]2CCCN(S(=O)(=O)c3ccccc3)C2)cc1S(=O)(=O)N1CCN(C)CC1. The summed E-state index contributed by atoms with van der Waals surface area (Å²) in [6.07, 6.45) is 1.13. The van der Waals surface area contributed by atoms with Crippen molar-refractivity contribution in [1.82, 2.24) is 13.5 Å². The molecule has 0 aliphatic carbocycles. The predicted octanol–water partition coefficient (Wildman–Crippen LogP) is 1.97. The van der Waals surface area contributed by atoms with Crippen molar-refractivity contribution in [1.29, 1.82) is 0 Å². The van der Waals surface area contributed by atoms with E-state index in [0.29, 0.717) is 56.8 Å². The topological polar surface area (TPSA) is 107 Å². The van der Waals surface area contributed by atoms with Gasteiger partial charge in [-0.3, -0.25) is 4.79 Å². The minimum Gasteiger partial charge on any atom is -0.326 e. The first-order chi connectivity index (χ1) is 16.6. The number of sulfonamides is 2. The van der Waals surface area contributed by atoms with E-state index in [-0.39, 0.29) is 22.2 Å². The molecule has 1 amide bonds. The molecule has 9 nitrogen and oxygen atoms in total. The number of nitrogens with zero attached hydrogens (tertiary/aromatic N) is 3. The number of piperazine rings is 1. The highest BCUT2D eigenvalue weighted by Gasteiger charge is 2.34. The third kappa shape index (κ3) is 5.59. The largest absolute Gasteiger partial charge is 0.326 e. The highest BCUT2D eigenvalue weighted by atomic mass is 32.2. The van der Waals surface area contributed by atoms with Crippen LogP contribution in [0.3, 0.4) is 0 Å². The molecule has 2 aromatic carbocycles. The molecule has 2 aliphatic rings. The number of amides is 1. The molecule has 0 spiro atoms. The molecular formula is C24H32N4O5S2. The Labute approximate surface area is 207 Å². The van der Waals surface area contributed by atoms with Gasteiger partial charge < -0.3 is 10.2 Å². The van der Waals surface area contributed by atoms with E-state index in [0.717, 1.165) is 0 Å². The van der Waals surface area contributed by atoms with Gasteiger partial charge in [-0.1, -0.05) is 24.3 Å². The van der Waals surface area contributed by atoms with Crippen LogP contribution in [0.4, 0.5) is 5.69 Å². The molecule has 0 bridgehead atoms. The molecular weight excluding hydrogens is 488 g/mol. The smallest absolute Gasteiger partial charge is 0.243 e. The summed E-state index contributed by atoms with van der Waals surface area (Å²) in [7, 11) is -5.41. The van der Waals surface area contributed by atoms with Crippen molar-refractivity contribution >= 4 is 31.6 Å². The summed E-state index contributed by atoms with van der Waals surface area (Å²) in [5.41, 5.74) is 0.996. The van der Waals surface area contributed by atoms with Gasteiger partial charge in [0.2, 0.25) is 26.0 Å². The van der Waals surface area contributed by atoms with Gasteiger partial charge in [-0.25, -0.2) is 16.8 Å². The monoisotopic (exact) mass is 520 g/mol. The highest BCUT2D eigenvalue weighted by molar-refractivity contribution is 7.89. The van der Waals surface area contributed by atoms with E-state index >= 15 is 0 Å². The van der Waals surface area contributed by atoms with Crippen LogP contribution in [0.5, 0.6) is 0 Å². The average molecular weight is 521 g/mol. The lowest BCUT2D eigenvalue weighted by molar-refractivity contribution is -0.120. The molecule has 2 aliphatic heterocycles. The maximum Gasteiger partial charge on any atom is 0.243 e. The van der Waals surface area contributed by atoms with Gasteiger partial charge in [0.25, 0.3) is 0 Å². The molecule has 0 radical (unpaired) electrons. The quantitative estimate of drug-likeness (QED) is 0.624. The third-order valence-electron chi connectivity index (χ3n) is 6.67. The second-order valence-electron chi connectivity index (χ2n) is 9.19. The van der Waals surface area contributed by atoms with E-state index in [1.807, 2.05) is 7.05 Å². The Kier molecular flexibility index (Phi) is 7.62. The minimum absolute atomic E-state index is 0.0847. The summed E-state index contributed by atoms with van der Waals surface area (Å²) in [6.45, 7) is 4.35. The molecule has 2 aromatic rings. The third-order valence-corrected chi connectivity index (χ3v) is 10.6. The van der Waals surface area contributed by atoms with Gasteiger partial charge in [0.05, 0.1) is 15.7 Å². The molecule has 35 heavy (non-hydrogen) atoms. The van der Waals surface area contributed by atoms with Crippen LogP contribution in [0.15, 0.2) is 58.3 Å². The van der Waals surface area contributed by atoms with E-state index in [9.17, 15) is 21.6 Å². The predicted molar refractivity (Wildman–Crippen MR) is 134 cm³/mol. The van der Waals surface area contributed by atoms with E-state index in [2.05, 4.69) is 10.2 Å². The zero-order valence-corrected chi connectivity index (χ0v) is 21.7. The maximum absolute atomic E-state index is 13.3. The molecule has 2 heterocycles. The number of hydrogen-bond donors (Lipinski definition) is 1. The molecule has 0 unspecified atom stereocenters. The van der Waals surface area contributed by atoms with Crippen LogP contribution in [0.25, 0.3) is 0 Å². The molecule has 190 valence electrons. The molecule has 2 fully saturated rings. The van der Waals surface area contributed by atoms with Crippen molar-refractivity contribution in [2.75, 3.05) is 51.6 Å². The van der Waals surface area contributed by atoms with Crippen LogP contribution in [0.1, 0.15) is 18.4 Å². The Bertz CT molecular complexity index is 1270. The Balaban J connectivity index is 1.48. The van der Waals surface area contributed by atoms with Crippen LogP contribution in [-0.4, -0.2) is 82.6 Å². The first kappa shape index (κ1) is 25.8. The van der Waals surface area contributed by atoms with Crippen LogP contribution >= 0.6 is 0 Å². The van der Waals surface area contributed by atoms with Gasteiger partial charge in [-0.15, -0.1) is 0 Å². The fourth-order valence-corrected chi connectivity index (χ4v) is 7.70. The van der Waals surface area contributed by atoms with Crippen molar-refractivity contribution in [2.24, 2.45) is 5.92 Å². The molecule has 0 saturated carbocycles. The fourth-order valence-electron chi connectivity index (χ4n) is 4.48. The van der Waals surface area contributed by atoms with Crippen LogP contribution < -0.4 is 5.32 Å². The van der Waals surface area contributed by atoms with Gasteiger partial charge in [0.15, 0.2) is 0 Å². The van der Waals surface area contributed by atoms with E-state index in [1.165, 1.54) is 14.7 Å². The standard InChI is InChI=1S/C24H32N4O5S2/c1-19-10-11-21(17-23(19)35(32,33)27-15-13-26(2)14-16-27)25-24(29)20-7-6-12-28(18-20)34(30,31)22-8-4-3-5-9-22/h3-5,8-11,17,20H,6-7,12-16,18H2,1-2H3,(H,25,29)/t20-/m1/s1.